The lowest BCUT2D eigenvalue weighted by atomic mass is 9.92. The van der Waals surface area contributed by atoms with E-state index in [9.17, 15) is 8.42 Å². The van der Waals surface area contributed by atoms with E-state index in [4.69, 9.17) is 5.73 Å². The van der Waals surface area contributed by atoms with E-state index in [0.29, 0.717) is 12.6 Å². The minimum atomic E-state index is -3.04. The largest absolute Gasteiger partial charge is 0.329 e. The molecule has 5 nitrogen and oxygen atoms in total. The molecule has 2 rings (SSSR count). The molecule has 0 bridgehead atoms. The molecular formula is C13H27N3O2S. The SMILES string of the molecule is CC1CN(C2(CN)CCCC2S(C)(=O)=O)CCN1C. The van der Waals surface area contributed by atoms with Gasteiger partial charge in [-0.25, -0.2) is 8.42 Å². The summed E-state index contributed by atoms with van der Waals surface area (Å²) in [6.07, 6.45) is 4.01. The van der Waals surface area contributed by atoms with E-state index < -0.39 is 9.84 Å². The number of sulfone groups is 1. The number of hydrogen-bond donors (Lipinski definition) is 1. The van der Waals surface area contributed by atoms with Gasteiger partial charge in [-0.15, -0.1) is 0 Å². The summed E-state index contributed by atoms with van der Waals surface area (Å²) in [5.41, 5.74) is 5.72. The zero-order valence-corrected chi connectivity index (χ0v) is 13.1. The second kappa shape index (κ2) is 5.31. The number of nitrogens with two attached hydrogens (primary N) is 1. The normalized spacial score (nSPS) is 38.7. The molecule has 0 aromatic rings. The molecule has 112 valence electrons. The summed E-state index contributed by atoms with van der Waals surface area (Å²) >= 11 is 0. The van der Waals surface area contributed by atoms with Crippen LogP contribution in [0.25, 0.3) is 0 Å². The predicted molar refractivity (Wildman–Crippen MR) is 77.9 cm³/mol. The van der Waals surface area contributed by atoms with Crippen LogP contribution in [0, 0.1) is 0 Å². The average Bonchev–Trinajstić information content (AvgIpc) is 2.77. The highest BCUT2D eigenvalue weighted by molar-refractivity contribution is 7.91. The average molecular weight is 289 g/mol. The molecule has 0 aromatic heterocycles. The second-order valence-corrected chi connectivity index (χ2v) is 8.52. The Kier molecular flexibility index (Phi) is 4.26. The number of likely N-dealkylation sites (N-methyl/N-ethyl adjacent to an activating group) is 1. The maximum absolute atomic E-state index is 12.1. The molecule has 3 unspecified atom stereocenters. The molecule has 0 aromatic carbocycles. The molecule has 1 aliphatic carbocycles. The summed E-state index contributed by atoms with van der Waals surface area (Å²) in [4.78, 5) is 4.68. The third-order valence-corrected chi connectivity index (χ3v) is 6.84. The van der Waals surface area contributed by atoms with Gasteiger partial charge in [-0.2, -0.15) is 0 Å². The van der Waals surface area contributed by atoms with E-state index in [2.05, 4.69) is 23.8 Å². The Morgan fingerprint density at radius 1 is 1.37 bits per heavy atom. The van der Waals surface area contributed by atoms with Crippen molar-refractivity contribution in [1.82, 2.24) is 9.80 Å². The third kappa shape index (κ3) is 2.68. The predicted octanol–water partition coefficient (Wildman–Crippen LogP) is -0.0831. The third-order valence-electron chi connectivity index (χ3n) is 5.14. The lowest BCUT2D eigenvalue weighted by molar-refractivity contribution is 0.0229. The molecule has 19 heavy (non-hydrogen) atoms. The molecule has 2 N–H and O–H groups in total. The maximum Gasteiger partial charge on any atom is 0.152 e. The van der Waals surface area contributed by atoms with Gasteiger partial charge >= 0.3 is 0 Å². The van der Waals surface area contributed by atoms with Crippen molar-refractivity contribution in [2.24, 2.45) is 5.73 Å². The number of piperazine rings is 1. The van der Waals surface area contributed by atoms with Crippen molar-refractivity contribution in [2.45, 2.75) is 43.0 Å². The minimum absolute atomic E-state index is 0.291. The Morgan fingerprint density at radius 3 is 2.58 bits per heavy atom. The van der Waals surface area contributed by atoms with Crippen molar-refractivity contribution in [2.75, 3.05) is 39.5 Å². The van der Waals surface area contributed by atoms with Crippen molar-refractivity contribution < 1.29 is 8.42 Å². The van der Waals surface area contributed by atoms with Crippen molar-refractivity contribution in [3.8, 4) is 0 Å². The molecule has 0 amide bonds. The monoisotopic (exact) mass is 289 g/mol. The van der Waals surface area contributed by atoms with Crippen LogP contribution in [0.2, 0.25) is 0 Å². The minimum Gasteiger partial charge on any atom is -0.329 e. The summed E-state index contributed by atoms with van der Waals surface area (Å²) in [6, 6.07) is 0.456. The van der Waals surface area contributed by atoms with E-state index in [0.717, 1.165) is 38.9 Å². The van der Waals surface area contributed by atoms with Crippen LogP contribution in [0.15, 0.2) is 0 Å². The standard InChI is InChI=1S/C13H27N3O2S/c1-11-9-16(8-7-15(11)2)13(10-14)6-4-5-12(13)19(3,17)18/h11-12H,4-10,14H2,1-3H3. The molecule has 0 spiro atoms. The summed E-state index contributed by atoms with van der Waals surface area (Å²) in [5, 5.41) is -0.291. The van der Waals surface area contributed by atoms with Crippen LogP contribution in [0.5, 0.6) is 0 Å². The molecule has 1 aliphatic heterocycles. The quantitative estimate of drug-likeness (QED) is 0.787. The summed E-state index contributed by atoms with van der Waals surface area (Å²) < 4.78 is 24.2. The first-order valence-corrected chi connectivity index (χ1v) is 9.11. The van der Waals surface area contributed by atoms with Crippen molar-refractivity contribution in [3.63, 3.8) is 0 Å². The van der Waals surface area contributed by atoms with Gasteiger partial charge in [-0.1, -0.05) is 6.42 Å². The van der Waals surface area contributed by atoms with Crippen LogP contribution >= 0.6 is 0 Å². The van der Waals surface area contributed by atoms with Gasteiger partial charge in [0.1, 0.15) is 0 Å². The van der Waals surface area contributed by atoms with Crippen LogP contribution in [-0.4, -0.2) is 74.5 Å². The van der Waals surface area contributed by atoms with Crippen LogP contribution in [-0.2, 0) is 9.84 Å². The fraction of sp³-hybridized carbons (Fsp3) is 1.00. The summed E-state index contributed by atoms with van der Waals surface area (Å²) in [7, 11) is -0.913. The maximum atomic E-state index is 12.1. The second-order valence-electron chi connectivity index (χ2n) is 6.29. The van der Waals surface area contributed by atoms with Crippen LogP contribution in [0.3, 0.4) is 0 Å². The van der Waals surface area contributed by atoms with Gasteiger partial charge < -0.3 is 10.6 Å². The Balaban J connectivity index is 2.27. The van der Waals surface area contributed by atoms with Crippen molar-refractivity contribution in [3.05, 3.63) is 0 Å². The summed E-state index contributed by atoms with van der Waals surface area (Å²) in [5.74, 6) is 0. The van der Waals surface area contributed by atoms with Gasteiger partial charge in [0.15, 0.2) is 9.84 Å². The van der Waals surface area contributed by atoms with E-state index >= 15 is 0 Å². The molecule has 1 saturated heterocycles. The molecule has 3 atom stereocenters. The molecular weight excluding hydrogens is 262 g/mol. The molecule has 1 heterocycles. The molecule has 1 saturated carbocycles. The molecule has 0 radical (unpaired) electrons. The van der Waals surface area contributed by atoms with Gasteiger partial charge in [0, 0.05) is 44.0 Å². The van der Waals surface area contributed by atoms with Gasteiger partial charge in [0.25, 0.3) is 0 Å². The first-order chi connectivity index (χ1) is 8.81. The molecule has 2 fully saturated rings. The topological polar surface area (TPSA) is 66.6 Å². The van der Waals surface area contributed by atoms with E-state index in [1.165, 1.54) is 6.26 Å². The first-order valence-electron chi connectivity index (χ1n) is 7.15. The van der Waals surface area contributed by atoms with Crippen LogP contribution < -0.4 is 5.73 Å². The van der Waals surface area contributed by atoms with E-state index in [1.807, 2.05) is 0 Å². The smallest absolute Gasteiger partial charge is 0.152 e. The fourth-order valence-corrected chi connectivity index (χ4v) is 5.57. The Morgan fingerprint density at radius 2 is 2.05 bits per heavy atom. The zero-order chi connectivity index (χ0) is 14.3. The lowest BCUT2D eigenvalue weighted by Gasteiger charge is -2.49. The molecule has 6 heteroatoms. The number of rotatable bonds is 3. The fourth-order valence-electron chi connectivity index (χ4n) is 3.81. The zero-order valence-electron chi connectivity index (χ0n) is 12.3. The Bertz CT molecular complexity index is 426. The molecule has 2 aliphatic rings. The first kappa shape index (κ1) is 15.2. The Hall–Kier alpha value is -0.170. The van der Waals surface area contributed by atoms with Crippen molar-refractivity contribution in [1.29, 1.82) is 0 Å². The van der Waals surface area contributed by atoms with Crippen LogP contribution in [0.4, 0.5) is 0 Å². The highest BCUT2D eigenvalue weighted by atomic mass is 32.2. The van der Waals surface area contributed by atoms with Crippen LogP contribution in [0.1, 0.15) is 26.2 Å². The van der Waals surface area contributed by atoms with Gasteiger partial charge in [-0.05, 0) is 26.8 Å². The highest BCUT2D eigenvalue weighted by Crippen LogP contribution is 2.39. The van der Waals surface area contributed by atoms with E-state index in [1.54, 1.807) is 0 Å². The van der Waals surface area contributed by atoms with Crippen molar-refractivity contribution >= 4 is 9.84 Å². The summed E-state index contributed by atoms with van der Waals surface area (Å²) in [6.45, 7) is 5.46. The highest BCUT2D eigenvalue weighted by Gasteiger charge is 2.51. The van der Waals surface area contributed by atoms with Gasteiger partial charge in [-0.3, -0.25) is 4.90 Å². The Labute approximate surface area is 117 Å². The van der Waals surface area contributed by atoms with Gasteiger partial charge in [0.2, 0.25) is 0 Å². The number of nitrogens with zero attached hydrogens (tertiary/aromatic N) is 2. The lowest BCUT2D eigenvalue weighted by Crippen LogP contribution is -2.66. The number of hydrogen-bond acceptors (Lipinski definition) is 5. The van der Waals surface area contributed by atoms with Gasteiger partial charge in [0.05, 0.1) is 5.25 Å². The van der Waals surface area contributed by atoms with E-state index in [-0.39, 0.29) is 10.8 Å².